The number of H-pyrrole nitrogens is 1. The Morgan fingerprint density at radius 3 is 2.62 bits per heavy atom. The highest BCUT2D eigenvalue weighted by Crippen LogP contribution is 2.15. The number of nitrogens with one attached hydrogen (secondary N) is 2. The summed E-state index contributed by atoms with van der Waals surface area (Å²) < 4.78 is 1.21. The lowest BCUT2D eigenvalue weighted by Crippen LogP contribution is -2.16. The maximum absolute atomic E-state index is 12.2. The fraction of sp³-hybridized carbons (Fsp3) is 0.250. The van der Waals surface area contributed by atoms with Gasteiger partial charge in [0.05, 0.1) is 5.69 Å². The van der Waals surface area contributed by atoms with Crippen LogP contribution in [0.3, 0.4) is 0 Å². The molecule has 0 unspecified atom stereocenters. The Balaban J connectivity index is 0.00000208. The molecule has 1 amide bonds. The molecule has 0 aliphatic rings. The Hall–Kier alpha value is -2.67. The first-order valence-electron chi connectivity index (χ1n) is 7.38. The Morgan fingerprint density at radius 1 is 1.25 bits per heavy atom. The summed E-state index contributed by atoms with van der Waals surface area (Å²) in [5.41, 5.74) is 1.09. The van der Waals surface area contributed by atoms with Gasteiger partial charge >= 0.3 is 0 Å². The molecule has 8 heteroatoms. The molecule has 0 aliphatic heterocycles. The van der Waals surface area contributed by atoms with Crippen molar-refractivity contribution in [2.45, 2.75) is 20.3 Å². The van der Waals surface area contributed by atoms with E-state index in [1.54, 1.807) is 0 Å². The fourth-order valence-corrected chi connectivity index (χ4v) is 2.25. The monoisotopic (exact) mass is 347 g/mol. The SMILES string of the molecule is CC(C)CC(=O)Nc1nc2nc(-c3ccccc3)cc(=O)n2[nH]1.Cl. The molecular formula is C16H18ClN5O2. The smallest absolute Gasteiger partial charge is 0.274 e. The maximum atomic E-state index is 12.2. The predicted octanol–water partition coefficient (Wildman–Crippen LogP) is 2.49. The molecular weight excluding hydrogens is 330 g/mol. The third kappa shape index (κ3) is 3.80. The first-order chi connectivity index (χ1) is 11.0. The number of carbonyl (C=O) groups excluding carboxylic acids is 1. The van der Waals surface area contributed by atoms with Crippen LogP contribution in [0.15, 0.2) is 41.2 Å². The van der Waals surface area contributed by atoms with Gasteiger partial charge in [0.25, 0.3) is 11.3 Å². The van der Waals surface area contributed by atoms with Crippen LogP contribution in [-0.4, -0.2) is 25.5 Å². The molecule has 2 N–H and O–H groups in total. The Kier molecular flexibility index (Phi) is 5.35. The first kappa shape index (κ1) is 17.7. The highest BCUT2D eigenvalue weighted by molar-refractivity contribution is 5.89. The number of hydrogen-bond acceptors (Lipinski definition) is 4. The van der Waals surface area contributed by atoms with E-state index in [0.29, 0.717) is 12.1 Å². The van der Waals surface area contributed by atoms with Crippen LogP contribution in [0.4, 0.5) is 5.95 Å². The predicted molar refractivity (Wildman–Crippen MR) is 94.4 cm³/mol. The highest BCUT2D eigenvalue weighted by atomic mass is 35.5. The largest absolute Gasteiger partial charge is 0.295 e. The second-order valence-electron chi connectivity index (χ2n) is 5.70. The second-order valence-corrected chi connectivity index (χ2v) is 5.70. The summed E-state index contributed by atoms with van der Waals surface area (Å²) >= 11 is 0. The van der Waals surface area contributed by atoms with Gasteiger partial charge in [-0.3, -0.25) is 20.0 Å². The van der Waals surface area contributed by atoms with Gasteiger partial charge in [0.15, 0.2) is 0 Å². The standard InChI is InChI=1S/C16H17N5O2.ClH/c1-10(2)8-13(22)18-15-19-16-17-12(9-14(23)21(16)20-15)11-6-4-3-5-7-11;/h3-7,9-10H,8H2,1-2H3,(H2,17,18,19,20,22);1H. The van der Waals surface area contributed by atoms with Gasteiger partial charge in [-0.1, -0.05) is 44.2 Å². The minimum Gasteiger partial charge on any atom is -0.295 e. The van der Waals surface area contributed by atoms with E-state index in [0.717, 1.165) is 5.56 Å². The van der Waals surface area contributed by atoms with E-state index in [-0.39, 0.29) is 41.5 Å². The Morgan fingerprint density at radius 2 is 1.96 bits per heavy atom. The van der Waals surface area contributed by atoms with Gasteiger partial charge < -0.3 is 0 Å². The molecule has 3 rings (SSSR count). The molecule has 0 atom stereocenters. The summed E-state index contributed by atoms with van der Waals surface area (Å²) in [4.78, 5) is 32.5. The lowest BCUT2D eigenvalue weighted by molar-refractivity contribution is -0.116. The van der Waals surface area contributed by atoms with Crippen molar-refractivity contribution in [3.63, 3.8) is 0 Å². The summed E-state index contributed by atoms with van der Waals surface area (Å²) in [6.07, 6.45) is 0.384. The number of carbonyl (C=O) groups is 1. The first-order valence-corrected chi connectivity index (χ1v) is 7.38. The van der Waals surface area contributed by atoms with E-state index in [2.05, 4.69) is 20.4 Å². The molecule has 24 heavy (non-hydrogen) atoms. The zero-order valence-electron chi connectivity index (χ0n) is 13.3. The van der Waals surface area contributed by atoms with Crippen molar-refractivity contribution in [3.05, 3.63) is 46.8 Å². The molecule has 126 valence electrons. The summed E-state index contributed by atoms with van der Waals surface area (Å²) in [6.45, 7) is 3.91. The highest BCUT2D eigenvalue weighted by Gasteiger charge is 2.12. The lowest BCUT2D eigenvalue weighted by Gasteiger charge is -2.03. The Bertz CT molecular complexity index is 902. The molecule has 0 fully saturated rings. The van der Waals surface area contributed by atoms with Crippen LogP contribution < -0.4 is 10.9 Å². The molecule has 7 nitrogen and oxygen atoms in total. The minimum atomic E-state index is -0.286. The van der Waals surface area contributed by atoms with Crippen LogP contribution in [0.2, 0.25) is 0 Å². The van der Waals surface area contributed by atoms with Crippen LogP contribution in [-0.2, 0) is 4.79 Å². The number of hydrogen-bond donors (Lipinski definition) is 2. The van der Waals surface area contributed by atoms with Crippen LogP contribution >= 0.6 is 12.4 Å². The van der Waals surface area contributed by atoms with Gasteiger partial charge in [-0.2, -0.15) is 9.50 Å². The molecule has 1 aromatic carbocycles. The average molecular weight is 348 g/mol. The average Bonchev–Trinajstić information content (AvgIpc) is 2.90. The topological polar surface area (TPSA) is 92.2 Å². The molecule has 3 aromatic rings. The molecule has 0 saturated heterocycles. The molecule has 0 radical (unpaired) electrons. The number of aromatic nitrogens is 4. The van der Waals surface area contributed by atoms with Gasteiger partial charge in [0, 0.05) is 18.1 Å². The van der Waals surface area contributed by atoms with Crippen molar-refractivity contribution < 1.29 is 4.79 Å². The van der Waals surface area contributed by atoms with Crippen molar-refractivity contribution in [3.8, 4) is 11.3 Å². The van der Waals surface area contributed by atoms with Crippen molar-refractivity contribution in [1.29, 1.82) is 0 Å². The molecule has 2 aromatic heterocycles. The van der Waals surface area contributed by atoms with Crippen LogP contribution in [0.1, 0.15) is 20.3 Å². The third-order valence-corrected chi connectivity index (χ3v) is 3.25. The van der Waals surface area contributed by atoms with Crippen LogP contribution in [0.25, 0.3) is 17.0 Å². The summed E-state index contributed by atoms with van der Waals surface area (Å²) in [6, 6.07) is 10.8. The van der Waals surface area contributed by atoms with Gasteiger partial charge in [0.2, 0.25) is 11.9 Å². The molecule has 2 heterocycles. The number of nitrogens with zero attached hydrogens (tertiary/aromatic N) is 3. The fourth-order valence-electron chi connectivity index (χ4n) is 2.25. The lowest BCUT2D eigenvalue weighted by atomic mass is 10.1. The van der Waals surface area contributed by atoms with Gasteiger partial charge in [0.1, 0.15) is 0 Å². The van der Waals surface area contributed by atoms with E-state index in [1.807, 2.05) is 44.2 Å². The molecule has 0 saturated carbocycles. The number of rotatable bonds is 4. The number of benzene rings is 1. The number of fused-ring (bicyclic) bond motifs is 1. The van der Waals surface area contributed by atoms with E-state index in [1.165, 1.54) is 10.6 Å². The summed E-state index contributed by atoms with van der Waals surface area (Å²) in [5, 5.41) is 5.39. The van der Waals surface area contributed by atoms with E-state index < -0.39 is 0 Å². The van der Waals surface area contributed by atoms with Crippen molar-refractivity contribution in [1.82, 2.24) is 19.6 Å². The van der Waals surface area contributed by atoms with Crippen molar-refractivity contribution in [2.24, 2.45) is 5.92 Å². The van der Waals surface area contributed by atoms with Gasteiger partial charge in [-0.05, 0) is 5.92 Å². The van der Waals surface area contributed by atoms with Gasteiger partial charge in [-0.15, -0.1) is 12.4 Å². The van der Waals surface area contributed by atoms with Gasteiger partial charge in [-0.25, -0.2) is 4.98 Å². The molecule has 0 spiro atoms. The normalized spacial score (nSPS) is 10.6. The second kappa shape index (κ2) is 7.27. The van der Waals surface area contributed by atoms with E-state index in [9.17, 15) is 9.59 Å². The van der Waals surface area contributed by atoms with Crippen LogP contribution in [0, 0.1) is 5.92 Å². The molecule has 0 bridgehead atoms. The van der Waals surface area contributed by atoms with E-state index >= 15 is 0 Å². The van der Waals surface area contributed by atoms with Crippen molar-refractivity contribution in [2.75, 3.05) is 5.32 Å². The number of aromatic amines is 1. The van der Waals surface area contributed by atoms with Crippen molar-refractivity contribution >= 4 is 30.0 Å². The zero-order chi connectivity index (χ0) is 16.4. The van der Waals surface area contributed by atoms with Crippen LogP contribution in [0.5, 0.6) is 0 Å². The third-order valence-electron chi connectivity index (χ3n) is 3.25. The summed E-state index contributed by atoms with van der Waals surface area (Å²) in [5.74, 6) is 0.516. The zero-order valence-corrected chi connectivity index (χ0v) is 14.1. The quantitative estimate of drug-likeness (QED) is 0.758. The summed E-state index contributed by atoms with van der Waals surface area (Å²) in [7, 11) is 0. The Labute approximate surface area is 144 Å². The number of amides is 1. The number of anilines is 1. The minimum absolute atomic E-state index is 0. The number of halogens is 1. The molecule has 0 aliphatic carbocycles. The van der Waals surface area contributed by atoms with E-state index in [4.69, 9.17) is 0 Å². The maximum Gasteiger partial charge on any atom is 0.274 e.